The van der Waals surface area contributed by atoms with Crippen LogP contribution in [0, 0.1) is 0 Å². The number of benzene rings is 1. The van der Waals surface area contributed by atoms with E-state index < -0.39 is 10.0 Å². The Kier molecular flexibility index (Phi) is 5.06. The van der Waals surface area contributed by atoms with Crippen LogP contribution in [0.3, 0.4) is 0 Å². The van der Waals surface area contributed by atoms with Gasteiger partial charge in [0.15, 0.2) is 0 Å². The van der Waals surface area contributed by atoms with Gasteiger partial charge in [0.05, 0.1) is 11.9 Å². The maximum Gasteiger partial charge on any atom is 0.208 e. The average molecular weight is 338 g/mol. The predicted octanol–water partition coefficient (Wildman–Crippen LogP) is 1.40. The van der Waals surface area contributed by atoms with Gasteiger partial charge in [-0.1, -0.05) is 30.3 Å². The number of hydrogen-bond acceptors (Lipinski definition) is 4. The van der Waals surface area contributed by atoms with E-state index in [2.05, 4.69) is 33.9 Å². The maximum atomic E-state index is 11.5. The normalized spacial score (nSPS) is 29.2. The van der Waals surface area contributed by atoms with Crippen molar-refractivity contribution in [2.45, 2.75) is 37.3 Å². The summed E-state index contributed by atoms with van der Waals surface area (Å²) in [5.41, 5.74) is 1.19. The van der Waals surface area contributed by atoms with Crippen LogP contribution >= 0.6 is 0 Å². The van der Waals surface area contributed by atoms with E-state index in [0.29, 0.717) is 6.61 Å². The molecule has 0 amide bonds. The lowest BCUT2D eigenvalue weighted by atomic mass is 9.90. The van der Waals surface area contributed by atoms with E-state index in [1.165, 1.54) is 11.8 Å². The first-order valence-electron chi connectivity index (χ1n) is 8.32. The van der Waals surface area contributed by atoms with Crippen LogP contribution < -0.4 is 4.72 Å². The lowest BCUT2D eigenvalue weighted by molar-refractivity contribution is -0.0775. The molecule has 6 heteroatoms. The quantitative estimate of drug-likeness (QED) is 0.882. The molecule has 0 saturated carbocycles. The van der Waals surface area contributed by atoms with E-state index in [1.54, 1.807) is 0 Å². The van der Waals surface area contributed by atoms with Crippen LogP contribution in [-0.4, -0.2) is 57.5 Å². The van der Waals surface area contributed by atoms with Crippen molar-refractivity contribution in [3.63, 3.8) is 0 Å². The SMILES string of the molecule is CS(=O)(=O)N[C@H]1CCO[C@@]2(CCN(CCc3ccccc3)C2)C1. The number of nitrogens with one attached hydrogen (secondary N) is 1. The molecule has 2 saturated heterocycles. The zero-order valence-corrected chi connectivity index (χ0v) is 14.5. The molecule has 0 aliphatic carbocycles. The van der Waals surface area contributed by atoms with Crippen molar-refractivity contribution in [3.05, 3.63) is 35.9 Å². The van der Waals surface area contributed by atoms with Gasteiger partial charge in [0.2, 0.25) is 10.0 Å². The van der Waals surface area contributed by atoms with E-state index in [1.807, 2.05) is 6.07 Å². The Morgan fingerprint density at radius 3 is 2.87 bits per heavy atom. The second-order valence-corrected chi connectivity index (χ2v) is 8.65. The second-order valence-electron chi connectivity index (χ2n) is 6.87. The molecular formula is C17H26N2O3S. The fourth-order valence-corrected chi connectivity index (χ4v) is 4.57. The Balaban J connectivity index is 1.53. The van der Waals surface area contributed by atoms with Crippen molar-refractivity contribution in [3.8, 4) is 0 Å². The molecule has 2 aliphatic rings. The molecule has 1 aromatic carbocycles. The summed E-state index contributed by atoms with van der Waals surface area (Å²) >= 11 is 0. The lowest BCUT2D eigenvalue weighted by Crippen LogP contribution is -2.49. The average Bonchev–Trinajstić information content (AvgIpc) is 2.87. The highest BCUT2D eigenvalue weighted by molar-refractivity contribution is 7.88. The Labute approximate surface area is 139 Å². The zero-order valence-electron chi connectivity index (χ0n) is 13.7. The van der Waals surface area contributed by atoms with Gasteiger partial charge in [-0.15, -0.1) is 0 Å². The van der Waals surface area contributed by atoms with Gasteiger partial charge in [0.1, 0.15) is 0 Å². The van der Waals surface area contributed by atoms with Crippen molar-refractivity contribution < 1.29 is 13.2 Å². The molecule has 2 aliphatic heterocycles. The second kappa shape index (κ2) is 6.89. The molecule has 128 valence electrons. The summed E-state index contributed by atoms with van der Waals surface area (Å²) < 4.78 is 31.8. The largest absolute Gasteiger partial charge is 0.373 e. The topological polar surface area (TPSA) is 58.6 Å². The van der Waals surface area contributed by atoms with Gasteiger partial charge < -0.3 is 9.64 Å². The van der Waals surface area contributed by atoms with E-state index in [4.69, 9.17) is 4.74 Å². The smallest absolute Gasteiger partial charge is 0.208 e. The highest BCUT2D eigenvalue weighted by atomic mass is 32.2. The number of nitrogens with zero attached hydrogens (tertiary/aromatic N) is 1. The Morgan fingerprint density at radius 2 is 2.13 bits per heavy atom. The third kappa shape index (κ3) is 4.76. The maximum absolute atomic E-state index is 11.5. The van der Waals surface area contributed by atoms with Gasteiger partial charge in [-0.25, -0.2) is 13.1 Å². The molecule has 1 spiro atoms. The molecule has 23 heavy (non-hydrogen) atoms. The molecule has 1 aromatic rings. The van der Waals surface area contributed by atoms with Crippen LogP contribution in [0.2, 0.25) is 0 Å². The minimum Gasteiger partial charge on any atom is -0.373 e. The van der Waals surface area contributed by atoms with Crippen LogP contribution in [0.4, 0.5) is 0 Å². The Bertz CT molecular complexity index is 620. The minimum absolute atomic E-state index is 0.00724. The van der Waals surface area contributed by atoms with Crippen molar-refractivity contribution >= 4 is 10.0 Å². The molecule has 2 fully saturated rings. The summed E-state index contributed by atoms with van der Waals surface area (Å²) in [4.78, 5) is 2.44. The van der Waals surface area contributed by atoms with Gasteiger partial charge >= 0.3 is 0 Å². The monoisotopic (exact) mass is 338 g/mol. The van der Waals surface area contributed by atoms with Crippen LogP contribution in [0.5, 0.6) is 0 Å². The lowest BCUT2D eigenvalue weighted by Gasteiger charge is -2.38. The number of ether oxygens (including phenoxy) is 1. The zero-order chi connectivity index (χ0) is 16.3. The fourth-order valence-electron chi connectivity index (χ4n) is 3.77. The summed E-state index contributed by atoms with van der Waals surface area (Å²) in [6.07, 6.45) is 4.81. The van der Waals surface area contributed by atoms with E-state index >= 15 is 0 Å². The molecular weight excluding hydrogens is 312 g/mol. The third-order valence-electron chi connectivity index (χ3n) is 4.83. The molecule has 2 atom stereocenters. The predicted molar refractivity (Wildman–Crippen MR) is 90.9 cm³/mol. The summed E-state index contributed by atoms with van der Waals surface area (Å²) in [5.74, 6) is 0. The van der Waals surface area contributed by atoms with Crippen LogP contribution in [-0.2, 0) is 21.2 Å². The highest BCUT2D eigenvalue weighted by Gasteiger charge is 2.43. The molecule has 0 aromatic heterocycles. The Hall–Kier alpha value is -0.950. The van der Waals surface area contributed by atoms with Crippen LogP contribution in [0.15, 0.2) is 30.3 Å². The molecule has 5 nitrogen and oxygen atoms in total. The van der Waals surface area contributed by atoms with Crippen molar-refractivity contribution in [2.75, 3.05) is 32.5 Å². The van der Waals surface area contributed by atoms with E-state index in [9.17, 15) is 8.42 Å². The van der Waals surface area contributed by atoms with Crippen molar-refractivity contribution in [2.24, 2.45) is 0 Å². The molecule has 0 radical (unpaired) electrons. The summed E-state index contributed by atoms with van der Waals surface area (Å²) in [5, 5.41) is 0. The van der Waals surface area contributed by atoms with Gasteiger partial charge in [0.25, 0.3) is 0 Å². The molecule has 0 bridgehead atoms. The van der Waals surface area contributed by atoms with Crippen LogP contribution in [0.25, 0.3) is 0 Å². The first-order valence-corrected chi connectivity index (χ1v) is 10.2. The van der Waals surface area contributed by atoms with Gasteiger partial charge in [-0.05, 0) is 31.2 Å². The standard InChI is InChI=1S/C17H26N2O3S/c1-23(20,21)18-16-8-12-22-17(13-16)9-11-19(14-17)10-7-15-5-3-2-4-6-15/h2-6,16,18H,7-14H2,1H3/t16-,17-/m0/s1. The van der Waals surface area contributed by atoms with Gasteiger partial charge in [-0.2, -0.15) is 0 Å². The Morgan fingerprint density at radius 1 is 1.35 bits per heavy atom. The molecule has 2 heterocycles. The fraction of sp³-hybridized carbons (Fsp3) is 0.647. The van der Waals surface area contributed by atoms with Gasteiger partial charge in [0, 0.05) is 32.3 Å². The van der Waals surface area contributed by atoms with Crippen molar-refractivity contribution in [1.29, 1.82) is 0 Å². The first kappa shape index (κ1) is 16.9. The van der Waals surface area contributed by atoms with Crippen LogP contribution in [0.1, 0.15) is 24.8 Å². The van der Waals surface area contributed by atoms with E-state index in [-0.39, 0.29) is 11.6 Å². The summed E-state index contributed by atoms with van der Waals surface area (Å²) in [6.45, 7) is 3.60. The number of sulfonamides is 1. The number of hydrogen-bond donors (Lipinski definition) is 1. The summed E-state index contributed by atoms with van der Waals surface area (Å²) in [7, 11) is -3.15. The van der Waals surface area contributed by atoms with Gasteiger partial charge in [-0.3, -0.25) is 0 Å². The molecule has 1 N–H and O–H groups in total. The number of likely N-dealkylation sites (tertiary alicyclic amines) is 1. The van der Waals surface area contributed by atoms with E-state index in [0.717, 1.165) is 45.3 Å². The minimum atomic E-state index is -3.15. The van der Waals surface area contributed by atoms with Crippen molar-refractivity contribution in [1.82, 2.24) is 9.62 Å². The highest BCUT2D eigenvalue weighted by Crippen LogP contribution is 2.34. The summed E-state index contributed by atoms with van der Waals surface area (Å²) in [6, 6.07) is 10.5. The molecule has 0 unspecified atom stereocenters. The first-order chi connectivity index (χ1) is 10.9. The molecule has 3 rings (SSSR count). The number of rotatable bonds is 5. The third-order valence-corrected chi connectivity index (χ3v) is 5.59.